The molecule has 0 heterocycles. The number of carbonyl (C=O) groups excluding carboxylic acids is 5. The van der Waals surface area contributed by atoms with Crippen molar-refractivity contribution < 1.29 is 33.9 Å². The van der Waals surface area contributed by atoms with E-state index in [0.29, 0.717) is 12.0 Å². The number of benzene rings is 1. The van der Waals surface area contributed by atoms with Gasteiger partial charge in [0.25, 0.3) is 0 Å². The van der Waals surface area contributed by atoms with E-state index in [4.69, 9.17) is 28.7 Å². The van der Waals surface area contributed by atoms with E-state index in [1.807, 2.05) is 0 Å². The highest BCUT2D eigenvalue weighted by atomic mass is 16.4. The van der Waals surface area contributed by atoms with E-state index in [0.717, 1.165) is 0 Å². The number of carboxylic acid groups (broad SMARTS) is 1. The number of guanidine groups is 1. The number of nitrogens with one attached hydrogen (secondary N) is 3. The monoisotopic (exact) mass is 563 g/mol. The molecule has 16 nitrogen and oxygen atoms in total. The van der Waals surface area contributed by atoms with Gasteiger partial charge in [-0.1, -0.05) is 30.3 Å². The van der Waals surface area contributed by atoms with Crippen LogP contribution in [-0.4, -0.2) is 77.3 Å². The van der Waals surface area contributed by atoms with Gasteiger partial charge in [-0.2, -0.15) is 0 Å². The smallest absolute Gasteiger partial charge is 0.326 e. The van der Waals surface area contributed by atoms with Crippen LogP contribution in [0.5, 0.6) is 0 Å². The number of nitrogens with two attached hydrogens (primary N) is 5. The normalized spacial score (nSPS) is 13.5. The van der Waals surface area contributed by atoms with E-state index >= 15 is 0 Å². The lowest BCUT2D eigenvalue weighted by atomic mass is 10.0. The molecule has 0 aliphatic heterocycles. The van der Waals surface area contributed by atoms with Crippen molar-refractivity contribution in [3.8, 4) is 0 Å². The Labute approximate surface area is 230 Å². The minimum Gasteiger partial charge on any atom is -0.480 e. The largest absolute Gasteiger partial charge is 0.480 e. The number of hydrogen-bond acceptors (Lipinski definition) is 8. The predicted molar refractivity (Wildman–Crippen MR) is 144 cm³/mol. The van der Waals surface area contributed by atoms with E-state index in [9.17, 15) is 33.9 Å². The summed E-state index contributed by atoms with van der Waals surface area (Å²) in [6.45, 7) is 0.251. The maximum Gasteiger partial charge on any atom is 0.326 e. The quantitative estimate of drug-likeness (QED) is 0.0478. The van der Waals surface area contributed by atoms with Crippen molar-refractivity contribution in [1.82, 2.24) is 16.0 Å². The fourth-order valence-corrected chi connectivity index (χ4v) is 3.49. The van der Waals surface area contributed by atoms with Crippen molar-refractivity contribution in [2.75, 3.05) is 6.54 Å². The molecule has 0 aliphatic carbocycles. The van der Waals surface area contributed by atoms with Crippen LogP contribution in [0, 0.1) is 0 Å². The molecule has 220 valence electrons. The summed E-state index contributed by atoms with van der Waals surface area (Å²) in [6, 6.07) is 3.36. The molecule has 4 atom stereocenters. The molecule has 0 bridgehead atoms. The van der Waals surface area contributed by atoms with Gasteiger partial charge >= 0.3 is 5.97 Å². The molecule has 0 aromatic heterocycles. The van der Waals surface area contributed by atoms with Crippen LogP contribution in [0.15, 0.2) is 35.3 Å². The first-order valence-corrected chi connectivity index (χ1v) is 12.4. The Morgan fingerprint density at radius 3 is 1.90 bits per heavy atom. The number of hydrogen-bond donors (Lipinski definition) is 9. The van der Waals surface area contributed by atoms with Crippen LogP contribution in [0.25, 0.3) is 0 Å². The molecule has 0 radical (unpaired) electrons. The summed E-state index contributed by atoms with van der Waals surface area (Å²) >= 11 is 0. The summed E-state index contributed by atoms with van der Waals surface area (Å²) in [6.07, 6.45) is -0.696. The molecular formula is C24H37N9O7. The van der Waals surface area contributed by atoms with Crippen molar-refractivity contribution in [2.24, 2.45) is 33.7 Å². The summed E-state index contributed by atoms with van der Waals surface area (Å²) in [7, 11) is 0. The zero-order valence-corrected chi connectivity index (χ0v) is 21.9. The SMILES string of the molecule is NC(=O)CCC(NC(=O)C(Cc1ccccc1)NC(=O)C(N)CCCN=C(N)N)C(=O)NC(CC(N)=O)C(=O)O. The number of carbonyl (C=O) groups is 6. The molecule has 0 aliphatic rings. The van der Waals surface area contributed by atoms with Gasteiger partial charge < -0.3 is 49.7 Å². The summed E-state index contributed by atoms with van der Waals surface area (Å²) in [4.78, 5) is 76.8. The number of aliphatic imine (C=N–C) groups is 1. The Morgan fingerprint density at radius 2 is 1.35 bits per heavy atom. The topological polar surface area (TPSA) is 301 Å². The lowest BCUT2D eigenvalue weighted by Crippen LogP contribution is -2.58. The van der Waals surface area contributed by atoms with Crippen LogP contribution in [-0.2, 0) is 35.2 Å². The maximum absolute atomic E-state index is 13.3. The van der Waals surface area contributed by atoms with Gasteiger partial charge in [0.05, 0.1) is 12.5 Å². The van der Waals surface area contributed by atoms with Gasteiger partial charge in [0, 0.05) is 19.4 Å². The van der Waals surface area contributed by atoms with Gasteiger partial charge in [0.1, 0.15) is 18.1 Å². The Hall–Kier alpha value is -4.73. The second-order valence-corrected chi connectivity index (χ2v) is 8.94. The van der Waals surface area contributed by atoms with Crippen LogP contribution < -0.4 is 44.6 Å². The predicted octanol–water partition coefficient (Wildman–Crippen LogP) is -3.71. The van der Waals surface area contributed by atoms with E-state index in [1.165, 1.54) is 0 Å². The van der Waals surface area contributed by atoms with Crippen LogP contribution in [0.1, 0.15) is 37.7 Å². The lowest BCUT2D eigenvalue weighted by Gasteiger charge is -2.25. The van der Waals surface area contributed by atoms with E-state index in [2.05, 4.69) is 20.9 Å². The number of aliphatic carboxylic acids is 1. The number of amides is 5. The second-order valence-electron chi connectivity index (χ2n) is 8.94. The third-order valence-corrected chi connectivity index (χ3v) is 5.55. The highest BCUT2D eigenvalue weighted by Gasteiger charge is 2.31. The fourth-order valence-electron chi connectivity index (χ4n) is 3.49. The third kappa shape index (κ3) is 13.2. The van der Waals surface area contributed by atoms with Crippen molar-refractivity contribution >= 4 is 41.5 Å². The van der Waals surface area contributed by atoms with Crippen molar-refractivity contribution in [3.63, 3.8) is 0 Å². The zero-order valence-electron chi connectivity index (χ0n) is 21.9. The molecule has 5 amide bonds. The summed E-state index contributed by atoms with van der Waals surface area (Å²) < 4.78 is 0. The molecule has 0 saturated carbocycles. The standard InChI is InChI=1S/C24H37N9O7/c25-14(7-4-10-30-24(28)29)20(36)32-16(11-13-5-2-1-3-6-13)22(38)31-15(8-9-18(26)34)21(37)33-17(23(39)40)12-19(27)35/h1-3,5-6,14-17H,4,7-12,25H2,(H2,26,34)(H2,27,35)(H,31,38)(H,32,36)(H,33,37)(H,39,40)(H4,28,29,30). The van der Waals surface area contributed by atoms with Crippen LogP contribution in [0.4, 0.5) is 0 Å². The molecule has 0 saturated heterocycles. The highest BCUT2D eigenvalue weighted by Crippen LogP contribution is 2.07. The molecule has 14 N–H and O–H groups in total. The van der Waals surface area contributed by atoms with Gasteiger partial charge in [0.2, 0.25) is 29.5 Å². The number of primary amides is 2. The molecule has 1 aromatic rings. The molecule has 1 rings (SSSR count). The van der Waals surface area contributed by atoms with Gasteiger partial charge in [-0.25, -0.2) is 4.79 Å². The zero-order chi connectivity index (χ0) is 30.2. The summed E-state index contributed by atoms with van der Waals surface area (Å²) in [5.41, 5.74) is 27.4. The van der Waals surface area contributed by atoms with Crippen molar-refractivity contribution in [2.45, 2.75) is 62.7 Å². The third-order valence-electron chi connectivity index (χ3n) is 5.55. The van der Waals surface area contributed by atoms with Gasteiger partial charge in [0.15, 0.2) is 5.96 Å². The highest BCUT2D eigenvalue weighted by molar-refractivity contribution is 5.95. The second kappa shape index (κ2) is 17.0. The van der Waals surface area contributed by atoms with Gasteiger partial charge in [-0.05, 0) is 24.8 Å². The molecule has 0 fully saturated rings. The summed E-state index contributed by atoms with van der Waals surface area (Å²) in [5, 5.41) is 16.4. The van der Waals surface area contributed by atoms with Crippen LogP contribution in [0.3, 0.4) is 0 Å². The van der Waals surface area contributed by atoms with Crippen molar-refractivity contribution in [3.05, 3.63) is 35.9 Å². The lowest BCUT2D eigenvalue weighted by molar-refractivity contribution is -0.144. The van der Waals surface area contributed by atoms with Crippen LogP contribution >= 0.6 is 0 Å². The maximum atomic E-state index is 13.3. The van der Waals surface area contributed by atoms with E-state index < -0.39 is 66.1 Å². The molecule has 40 heavy (non-hydrogen) atoms. The first kappa shape index (κ1) is 33.3. The van der Waals surface area contributed by atoms with Crippen molar-refractivity contribution in [1.29, 1.82) is 0 Å². The molecule has 1 aromatic carbocycles. The molecule has 4 unspecified atom stereocenters. The Balaban J connectivity index is 3.09. The number of rotatable bonds is 18. The molecule has 0 spiro atoms. The van der Waals surface area contributed by atoms with Gasteiger partial charge in [-0.15, -0.1) is 0 Å². The average molecular weight is 564 g/mol. The Kier molecular flexibility index (Phi) is 14.1. The fraction of sp³-hybridized carbons (Fsp3) is 0.458. The first-order chi connectivity index (χ1) is 18.8. The molecule has 16 heteroatoms. The van der Waals surface area contributed by atoms with Crippen LogP contribution in [0.2, 0.25) is 0 Å². The number of carboxylic acids is 1. The minimum atomic E-state index is -1.67. The minimum absolute atomic E-state index is 0.0166. The molecular weight excluding hydrogens is 526 g/mol. The summed E-state index contributed by atoms with van der Waals surface area (Å²) in [5.74, 6) is -5.84. The van der Waals surface area contributed by atoms with E-state index in [-0.39, 0.29) is 38.2 Å². The Morgan fingerprint density at radius 1 is 0.775 bits per heavy atom. The van der Waals surface area contributed by atoms with E-state index in [1.54, 1.807) is 30.3 Å². The average Bonchev–Trinajstić information content (AvgIpc) is 2.87. The van der Waals surface area contributed by atoms with Gasteiger partial charge in [-0.3, -0.25) is 29.0 Å². The number of nitrogens with zero attached hydrogens (tertiary/aromatic N) is 1. The first-order valence-electron chi connectivity index (χ1n) is 12.4. The Bertz CT molecular complexity index is 1080.